The Morgan fingerprint density at radius 3 is 2.14 bits per heavy atom. The zero-order chi connectivity index (χ0) is 26.0. The minimum atomic E-state index is -0.320. The van der Waals surface area contributed by atoms with Crippen LogP contribution in [0.3, 0.4) is 0 Å². The quantitative estimate of drug-likeness (QED) is 0.187. The molecule has 1 aromatic heterocycles. The maximum atomic E-state index is 14.5. The van der Waals surface area contributed by atoms with Gasteiger partial charge in [-0.1, -0.05) is 93.4 Å². The van der Waals surface area contributed by atoms with Gasteiger partial charge in [0.25, 0.3) is 0 Å². The number of methoxy groups -OCH3 is 1. The molecule has 0 unspecified atom stereocenters. The van der Waals surface area contributed by atoms with E-state index in [1.54, 1.807) is 12.1 Å². The fourth-order valence-electron chi connectivity index (χ4n) is 4.71. The molecular formula is C32H38FN3O. The van der Waals surface area contributed by atoms with Crippen LogP contribution in [-0.2, 0) is 19.6 Å². The third-order valence-corrected chi connectivity index (χ3v) is 6.71. The van der Waals surface area contributed by atoms with Crippen LogP contribution in [0.2, 0.25) is 0 Å². The van der Waals surface area contributed by atoms with Gasteiger partial charge >= 0.3 is 0 Å². The van der Waals surface area contributed by atoms with E-state index < -0.39 is 0 Å². The number of rotatable bonds is 13. The van der Waals surface area contributed by atoms with Crippen LogP contribution in [0.15, 0.2) is 78.9 Å². The molecule has 0 N–H and O–H groups in total. The zero-order valence-corrected chi connectivity index (χ0v) is 22.3. The summed E-state index contributed by atoms with van der Waals surface area (Å²) in [5.41, 5.74) is 5.43. The summed E-state index contributed by atoms with van der Waals surface area (Å²) in [6, 6.07) is 26.2. The smallest absolute Gasteiger partial charge is 0.165 e. The molecule has 4 rings (SSSR count). The van der Waals surface area contributed by atoms with Crippen molar-refractivity contribution in [1.82, 2.24) is 14.5 Å². The number of ether oxygens (including phenoxy) is 1. The van der Waals surface area contributed by atoms with Crippen molar-refractivity contribution in [2.75, 3.05) is 13.7 Å². The van der Waals surface area contributed by atoms with Crippen LogP contribution >= 0.6 is 0 Å². The van der Waals surface area contributed by atoms with Gasteiger partial charge in [0.15, 0.2) is 11.6 Å². The lowest BCUT2D eigenvalue weighted by Gasteiger charge is -2.24. The van der Waals surface area contributed by atoms with Crippen molar-refractivity contribution in [3.63, 3.8) is 0 Å². The van der Waals surface area contributed by atoms with E-state index >= 15 is 0 Å². The highest BCUT2D eigenvalue weighted by Gasteiger charge is 2.22. The lowest BCUT2D eigenvalue weighted by Crippen LogP contribution is -2.26. The van der Waals surface area contributed by atoms with Crippen LogP contribution in [0.5, 0.6) is 5.75 Å². The van der Waals surface area contributed by atoms with Crippen molar-refractivity contribution < 1.29 is 9.13 Å². The van der Waals surface area contributed by atoms with Gasteiger partial charge in [-0.3, -0.25) is 4.90 Å². The summed E-state index contributed by atoms with van der Waals surface area (Å²) in [6.45, 7) is 7.67. The zero-order valence-electron chi connectivity index (χ0n) is 22.3. The Morgan fingerprint density at radius 1 is 0.838 bits per heavy atom. The maximum Gasteiger partial charge on any atom is 0.165 e. The summed E-state index contributed by atoms with van der Waals surface area (Å²) >= 11 is 0. The van der Waals surface area contributed by atoms with E-state index in [2.05, 4.69) is 71.8 Å². The summed E-state index contributed by atoms with van der Waals surface area (Å²) in [6.07, 6.45) is 4.37. The van der Waals surface area contributed by atoms with Crippen LogP contribution in [0.4, 0.5) is 4.39 Å². The monoisotopic (exact) mass is 499 g/mol. The highest BCUT2D eigenvalue weighted by molar-refractivity contribution is 5.68. The largest absolute Gasteiger partial charge is 0.494 e. The fraction of sp³-hybridized carbons (Fsp3) is 0.344. The summed E-state index contributed by atoms with van der Waals surface area (Å²) in [7, 11) is 1.50. The number of aromatic nitrogens is 2. The SMILES string of the molecule is CCCCN(Cc1ccc(OC)c(F)c1)Cc1c(-c2ccccc2)nc(-c2ccccc2)n1CCCC. The Labute approximate surface area is 220 Å². The van der Waals surface area contributed by atoms with Crippen LogP contribution in [0, 0.1) is 5.82 Å². The molecule has 5 heteroatoms. The average molecular weight is 500 g/mol. The molecule has 0 atom stereocenters. The molecule has 0 saturated carbocycles. The molecule has 0 aliphatic carbocycles. The topological polar surface area (TPSA) is 30.3 Å². The first kappa shape index (κ1) is 26.6. The van der Waals surface area contributed by atoms with Gasteiger partial charge < -0.3 is 9.30 Å². The highest BCUT2D eigenvalue weighted by Crippen LogP contribution is 2.31. The van der Waals surface area contributed by atoms with E-state index in [1.807, 2.05) is 18.2 Å². The molecule has 0 aliphatic heterocycles. The third-order valence-electron chi connectivity index (χ3n) is 6.71. The Hall–Kier alpha value is -3.44. The number of hydrogen-bond acceptors (Lipinski definition) is 3. The minimum absolute atomic E-state index is 0.278. The number of unbranched alkanes of at least 4 members (excludes halogenated alkanes) is 2. The van der Waals surface area contributed by atoms with Gasteiger partial charge in [-0.2, -0.15) is 0 Å². The van der Waals surface area contributed by atoms with Gasteiger partial charge in [-0.15, -0.1) is 0 Å². The molecule has 0 bridgehead atoms. The Balaban J connectivity index is 1.78. The molecule has 0 spiro atoms. The number of imidazole rings is 1. The van der Waals surface area contributed by atoms with Gasteiger partial charge in [0.05, 0.1) is 18.5 Å². The fourth-order valence-corrected chi connectivity index (χ4v) is 4.71. The van der Waals surface area contributed by atoms with Crippen molar-refractivity contribution in [2.24, 2.45) is 0 Å². The number of benzene rings is 3. The number of nitrogens with zero attached hydrogens (tertiary/aromatic N) is 3. The lowest BCUT2D eigenvalue weighted by molar-refractivity contribution is 0.246. The van der Waals surface area contributed by atoms with Gasteiger partial charge in [-0.25, -0.2) is 9.37 Å². The molecule has 0 fully saturated rings. The maximum absolute atomic E-state index is 14.5. The summed E-state index contributed by atoms with van der Waals surface area (Å²) in [4.78, 5) is 7.66. The van der Waals surface area contributed by atoms with Gasteiger partial charge in [0.1, 0.15) is 5.82 Å². The number of halogens is 1. The molecule has 4 nitrogen and oxygen atoms in total. The summed E-state index contributed by atoms with van der Waals surface area (Å²) in [5.74, 6) is 0.967. The van der Waals surface area contributed by atoms with Gasteiger partial charge in [-0.05, 0) is 37.1 Å². The van der Waals surface area contributed by atoms with Crippen LogP contribution < -0.4 is 4.74 Å². The van der Waals surface area contributed by atoms with Crippen molar-refractivity contribution in [1.29, 1.82) is 0 Å². The van der Waals surface area contributed by atoms with Crippen LogP contribution in [0.1, 0.15) is 50.8 Å². The molecule has 3 aromatic carbocycles. The second-order valence-corrected chi connectivity index (χ2v) is 9.50. The van der Waals surface area contributed by atoms with E-state index in [0.29, 0.717) is 6.54 Å². The molecule has 0 saturated heterocycles. The first-order valence-corrected chi connectivity index (χ1v) is 13.4. The van der Waals surface area contributed by atoms with Crippen LogP contribution in [-0.4, -0.2) is 28.1 Å². The predicted molar refractivity (Wildman–Crippen MR) is 150 cm³/mol. The Kier molecular flexibility index (Phi) is 9.50. The molecule has 37 heavy (non-hydrogen) atoms. The molecular weight excluding hydrogens is 461 g/mol. The summed E-state index contributed by atoms with van der Waals surface area (Å²) in [5, 5.41) is 0. The third kappa shape index (κ3) is 6.66. The van der Waals surface area contributed by atoms with E-state index in [9.17, 15) is 4.39 Å². The Bertz CT molecular complexity index is 1250. The van der Waals surface area contributed by atoms with Crippen molar-refractivity contribution in [2.45, 2.75) is 59.2 Å². The van der Waals surface area contributed by atoms with E-state index in [1.165, 1.54) is 12.8 Å². The normalized spacial score (nSPS) is 11.3. The van der Waals surface area contributed by atoms with E-state index in [0.717, 1.165) is 73.5 Å². The first-order chi connectivity index (χ1) is 18.1. The molecule has 1 heterocycles. The minimum Gasteiger partial charge on any atom is -0.494 e. The molecule has 0 radical (unpaired) electrons. The average Bonchev–Trinajstić information content (AvgIpc) is 3.29. The van der Waals surface area contributed by atoms with E-state index in [4.69, 9.17) is 9.72 Å². The van der Waals surface area contributed by atoms with Crippen molar-refractivity contribution in [3.05, 3.63) is 95.9 Å². The van der Waals surface area contributed by atoms with Gasteiger partial charge in [0.2, 0.25) is 0 Å². The second kappa shape index (κ2) is 13.2. The molecule has 0 amide bonds. The Morgan fingerprint density at radius 2 is 1.51 bits per heavy atom. The number of hydrogen-bond donors (Lipinski definition) is 0. The van der Waals surface area contributed by atoms with E-state index in [-0.39, 0.29) is 11.6 Å². The van der Waals surface area contributed by atoms with Crippen molar-refractivity contribution in [3.8, 4) is 28.4 Å². The molecule has 0 aliphatic rings. The summed E-state index contributed by atoms with van der Waals surface area (Å²) < 4.78 is 22.0. The van der Waals surface area contributed by atoms with Crippen molar-refractivity contribution >= 4 is 0 Å². The predicted octanol–water partition coefficient (Wildman–Crippen LogP) is 7.97. The van der Waals surface area contributed by atoms with Gasteiger partial charge in [0, 0.05) is 30.8 Å². The standard InChI is InChI=1S/C32H38FN3O/c1-4-6-20-35(23-25-18-19-30(37-3)28(33)22-25)24-29-31(26-14-10-8-11-15-26)34-32(36(29)21-7-5-2)27-16-12-9-13-17-27/h8-19,22H,4-7,20-21,23-24H2,1-3H3. The molecule has 4 aromatic rings. The second-order valence-electron chi connectivity index (χ2n) is 9.50. The van der Waals surface area contributed by atoms with Crippen LogP contribution in [0.25, 0.3) is 22.6 Å². The molecule has 194 valence electrons. The highest BCUT2D eigenvalue weighted by atomic mass is 19.1. The lowest BCUT2D eigenvalue weighted by atomic mass is 10.1. The first-order valence-electron chi connectivity index (χ1n) is 13.4.